The van der Waals surface area contributed by atoms with Gasteiger partial charge in [-0.2, -0.15) is 0 Å². The number of aromatic amines is 1. The first-order chi connectivity index (χ1) is 10.2. The highest BCUT2D eigenvalue weighted by molar-refractivity contribution is 5.98. The van der Waals surface area contributed by atoms with Crippen LogP contribution in [0.3, 0.4) is 0 Å². The average molecular weight is 286 g/mol. The zero-order valence-electron chi connectivity index (χ0n) is 12.0. The number of nitrogens with one attached hydrogen (secondary N) is 1. The van der Waals surface area contributed by atoms with Crippen LogP contribution in [-0.2, 0) is 9.53 Å². The maximum Gasteiger partial charge on any atom is 0.310 e. The van der Waals surface area contributed by atoms with Gasteiger partial charge in [0.1, 0.15) is 5.69 Å². The lowest BCUT2D eigenvalue weighted by molar-refractivity contribution is -0.146. The molecule has 1 N–H and O–H groups in total. The molecule has 2 heterocycles. The van der Waals surface area contributed by atoms with Gasteiger partial charge in [0.25, 0.3) is 5.91 Å². The van der Waals surface area contributed by atoms with Crippen LogP contribution < -0.4 is 0 Å². The van der Waals surface area contributed by atoms with Crippen molar-refractivity contribution < 1.29 is 14.3 Å². The van der Waals surface area contributed by atoms with Crippen molar-refractivity contribution in [3.8, 4) is 0 Å². The number of benzene rings is 1. The number of carbonyl (C=O) groups excluding carboxylic acids is 2. The molecule has 0 aliphatic carbocycles. The number of rotatable bonds is 2. The molecule has 1 aliphatic rings. The first kappa shape index (κ1) is 13.7. The number of hydrogen-bond donors (Lipinski definition) is 1. The average Bonchev–Trinajstić information content (AvgIpc) is 2.97. The van der Waals surface area contributed by atoms with E-state index in [2.05, 4.69) is 4.98 Å². The third-order valence-electron chi connectivity index (χ3n) is 4.00. The van der Waals surface area contributed by atoms with Crippen LogP contribution in [0.1, 0.15) is 23.3 Å². The molecule has 1 unspecified atom stereocenters. The summed E-state index contributed by atoms with van der Waals surface area (Å²) in [7, 11) is 1.39. The van der Waals surface area contributed by atoms with E-state index < -0.39 is 0 Å². The van der Waals surface area contributed by atoms with Crippen LogP contribution in [0.4, 0.5) is 0 Å². The van der Waals surface area contributed by atoms with Gasteiger partial charge < -0.3 is 14.6 Å². The Labute approximate surface area is 122 Å². The second kappa shape index (κ2) is 5.60. The summed E-state index contributed by atoms with van der Waals surface area (Å²) in [5, 5.41) is 1.02. The van der Waals surface area contributed by atoms with E-state index in [4.69, 9.17) is 4.74 Å². The summed E-state index contributed by atoms with van der Waals surface area (Å²) < 4.78 is 4.79. The molecular formula is C16H18N2O3. The highest BCUT2D eigenvalue weighted by Gasteiger charge is 2.29. The minimum absolute atomic E-state index is 0.0557. The summed E-state index contributed by atoms with van der Waals surface area (Å²) in [4.78, 5) is 29.1. The number of fused-ring (bicyclic) bond motifs is 1. The molecule has 2 aromatic rings. The van der Waals surface area contributed by atoms with Crippen molar-refractivity contribution in [1.29, 1.82) is 0 Å². The number of esters is 1. The number of piperidine rings is 1. The van der Waals surface area contributed by atoms with E-state index in [1.54, 1.807) is 4.90 Å². The van der Waals surface area contributed by atoms with Gasteiger partial charge in [0.15, 0.2) is 0 Å². The number of para-hydroxylation sites is 1. The minimum atomic E-state index is -0.232. The van der Waals surface area contributed by atoms with E-state index in [1.807, 2.05) is 30.3 Å². The topological polar surface area (TPSA) is 62.4 Å². The van der Waals surface area contributed by atoms with Crippen molar-refractivity contribution in [1.82, 2.24) is 9.88 Å². The Kier molecular flexibility index (Phi) is 3.64. The SMILES string of the molecule is COC(=O)C1CCCN(C(=O)c2cc3ccccc3[nH]2)C1. The second-order valence-electron chi connectivity index (χ2n) is 5.38. The molecule has 1 aromatic carbocycles. The van der Waals surface area contributed by atoms with Crippen molar-refractivity contribution in [2.45, 2.75) is 12.8 Å². The van der Waals surface area contributed by atoms with Crippen molar-refractivity contribution >= 4 is 22.8 Å². The van der Waals surface area contributed by atoms with E-state index in [9.17, 15) is 9.59 Å². The first-order valence-corrected chi connectivity index (χ1v) is 7.14. The van der Waals surface area contributed by atoms with Crippen molar-refractivity contribution in [2.24, 2.45) is 5.92 Å². The fourth-order valence-electron chi connectivity index (χ4n) is 2.88. The molecule has 1 aliphatic heterocycles. The van der Waals surface area contributed by atoms with Gasteiger partial charge in [0.2, 0.25) is 0 Å². The number of carbonyl (C=O) groups is 2. The number of likely N-dealkylation sites (tertiary alicyclic amines) is 1. The molecule has 1 aromatic heterocycles. The second-order valence-corrected chi connectivity index (χ2v) is 5.38. The molecule has 0 saturated carbocycles. The van der Waals surface area contributed by atoms with Crippen LogP contribution in [0.15, 0.2) is 30.3 Å². The predicted molar refractivity (Wildman–Crippen MR) is 78.9 cm³/mol. The first-order valence-electron chi connectivity index (χ1n) is 7.14. The lowest BCUT2D eigenvalue weighted by Crippen LogP contribution is -2.42. The third-order valence-corrected chi connectivity index (χ3v) is 4.00. The molecule has 0 spiro atoms. The van der Waals surface area contributed by atoms with E-state index in [0.717, 1.165) is 23.7 Å². The molecule has 5 nitrogen and oxygen atoms in total. The van der Waals surface area contributed by atoms with E-state index in [1.165, 1.54) is 7.11 Å². The molecular weight excluding hydrogens is 268 g/mol. The molecule has 0 radical (unpaired) electrons. The fourth-order valence-corrected chi connectivity index (χ4v) is 2.88. The summed E-state index contributed by atoms with van der Waals surface area (Å²) >= 11 is 0. The normalized spacial score (nSPS) is 18.7. The van der Waals surface area contributed by atoms with Gasteiger partial charge in [-0.15, -0.1) is 0 Å². The standard InChI is InChI=1S/C16H18N2O3/c1-21-16(20)12-6-4-8-18(10-12)15(19)14-9-11-5-2-3-7-13(11)17-14/h2-3,5,7,9,12,17H,4,6,8,10H2,1H3. The van der Waals surface area contributed by atoms with Crippen molar-refractivity contribution in [3.63, 3.8) is 0 Å². The van der Waals surface area contributed by atoms with Gasteiger partial charge in [0, 0.05) is 24.0 Å². The van der Waals surface area contributed by atoms with Crippen LogP contribution in [0.25, 0.3) is 10.9 Å². The van der Waals surface area contributed by atoms with Crippen molar-refractivity contribution in [2.75, 3.05) is 20.2 Å². The highest BCUT2D eigenvalue weighted by atomic mass is 16.5. The molecule has 1 atom stereocenters. The Hall–Kier alpha value is -2.30. The van der Waals surface area contributed by atoms with E-state index in [0.29, 0.717) is 18.8 Å². The monoisotopic (exact) mass is 286 g/mol. The summed E-state index contributed by atoms with van der Waals surface area (Å²) in [5.74, 6) is -0.499. The predicted octanol–water partition coefficient (Wildman–Crippen LogP) is 2.19. The number of amides is 1. The molecule has 1 amide bonds. The molecule has 3 rings (SSSR count). The largest absolute Gasteiger partial charge is 0.469 e. The van der Waals surface area contributed by atoms with Gasteiger partial charge >= 0.3 is 5.97 Å². The number of H-pyrrole nitrogens is 1. The minimum Gasteiger partial charge on any atom is -0.469 e. The maximum absolute atomic E-state index is 12.6. The lowest BCUT2D eigenvalue weighted by Gasteiger charge is -2.31. The van der Waals surface area contributed by atoms with Crippen LogP contribution in [-0.4, -0.2) is 42.0 Å². The zero-order chi connectivity index (χ0) is 14.8. The molecule has 1 saturated heterocycles. The van der Waals surface area contributed by atoms with E-state index in [-0.39, 0.29) is 17.8 Å². The fraction of sp³-hybridized carbons (Fsp3) is 0.375. The highest BCUT2D eigenvalue weighted by Crippen LogP contribution is 2.21. The number of hydrogen-bond acceptors (Lipinski definition) is 3. The lowest BCUT2D eigenvalue weighted by atomic mass is 9.98. The number of methoxy groups -OCH3 is 1. The van der Waals surface area contributed by atoms with Gasteiger partial charge in [0.05, 0.1) is 13.0 Å². The van der Waals surface area contributed by atoms with E-state index >= 15 is 0 Å². The molecule has 5 heteroatoms. The van der Waals surface area contributed by atoms with Crippen molar-refractivity contribution in [3.05, 3.63) is 36.0 Å². The van der Waals surface area contributed by atoms with Crippen LogP contribution in [0.5, 0.6) is 0 Å². The Bertz CT molecular complexity index is 644. The number of nitrogens with zero attached hydrogens (tertiary/aromatic N) is 1. The Morgan fingerprint density at radius 1 is 1.33 bits per heavy atom. The molecule has 110 valence electrons. The summed E-state index contributed by atoms with van der Waals surface area (Å²) in [6.07, 6.45) is 1.61. The summed E-state index contributed by atoms with van der Waals surface area (Å²) in [6, 6.07) is 9.65. The summed E-state index contributed by atoms with van der Waals surface area (Å²) in [5.41, 5.74) is 1.52. The number of ether oxygens (including phenoxy) is 1. The van der Waals surface area contributed by atoms with Gasteiger partial charge in [-0.05, 0) is 25.0 Å². The summed E-state index contributed by atoms with van der Waals surface area (Å²) in [6.45, 7) is 1.11. The Morgan fingerprint density at radius 2 is 2.14 bits per heavy atom. The Morgan fingerprint density at radius 3 is 2.90 bits per heavy atom. The van der Waals surface area contributed by atoms with Gasteiger partial charge in [-0.1, -0.05) is 18.2 Å². The van der Waals surface area contributed by atoms with Crippen LogP contribution in [0, 0.1) is 5.92 Å². The number of aromatic nitrogens is 1. The van der Waals surface area contributed by atoms with Crippen LogP contribution in [0.2, 0.25) is 0 Å². The molecule has 0 bridgehead atoms. The third kappa shape index (κ3) is 2.63. The quantitative estimate of drug-likeness (QED) is 0.861. The van der Waals surface area contributed by atoms with Gasteiger partial charge in [-0.3, -0.25) is 9.59 Å². The van der Waals surface area contributed by atoms with Gasteiger partial charge in [-0.25, -0.2) is 0 Å². The van der Waals surface area contributed by atoms with Crippen LogP contribution >= 0.6 is 0 Å². The maximum atomic E-state index is 12.6. The molecule has 21 heavy (non-hydrogen) atoms. The smallest absolute Gasteiger partial charge is 0.310 e. The zero-order valence-corrected chi connectivity index (χ0v) is 12.0. The Balaban J connectivity index is 1.79. The molecule has 1 fully saturated rings.